The quantitative estimate of drug-likeness (QED) is 0.555. The van der Waals surface area contributed by atoms with Crippen molar-refractivity contribution in [3.05, 3.63) is 81.1 Å². The van der Waals surface area contributed by atoms with E-state index in [4.69, 9.17) is 9.26 Å². The highest BCUT2D eigenvalue weighted by Crippen LogP contribution is 2.19. The molecule has 146 valence electrons. The summed E-state index contributed by atoms with van der Waals surface area (Å²) in [5.74, 6) is 1.50. The number of nitrogens with zero attached hydrogens (tertiary/aromatic N) is 1. The number of halogens is 1. The van der Waals surface area contributed by atoms with Crippen molar-refractivity contribution in [1.29, 1.82) is 0 Å². The molecule has 2 aromatic carbocycles. The Hall–Kier alpha value is -2.60. The lowest BCUT2D eigenvalue weighted by molar-refractivity contribution is -0.121. The van der Waals surface area contributed by atoms with Crippen LogP contribution >= 0.6 is 15.9 Å². The fourth-order valence-corrected chi connectivity index (χ4v) is 3.14. The van der Waals surface area contributed by atoms with Crippen LogP contribution in [0.3, 0.4) is 0 Å². The van der Waals surface area contributed by atoms with E-state index in [1.165, 1.54) is 0 Å². The molecule has 0 radical (unpaired) electrons. The van der Waals surface area contributed by atoms with Crippen molar-refractivity contribution in [2.24, 2.45) is 0 Å². The van der Waals surface area contributed by atoms with Gasteiger partial charge in [-0.2, -0.15) is 0 Å². The van der Waals surface area contributed by atoms with Crippen LogP contribution in [-0.4, -0.2) is 11.1 Å². The van der Waals surface area contributed by atoms with E-state index in [1.54, 1.807) is 0 Å². The van der Waals surface area contributed by atoms with Crippen molar-refractivity contribution >= 4 is 21.8 Å². The summed E-state index contributed by atoms with van der Waals surface area (Å²) in [6.07, 6.45) is 0.324. The lowest BCUT2D eigenvalue weighted by atomic mass is 10.1. The second kappa shape index (κ2) is 9.06. The average Bonchev–Trinajstić information content (AvgIpc) is 2.99. The van der Waals surface area contributed by atoms with Gasteiger partial charge in [0.1, 0.15) is 18.1 Å². The van der Waals surface area contributed by atoms with Crippen LogP contribution in [0.25, 0.3) is 0 Å². The molecule has 1 aromatic heterocycles. The van der Waals surface area contributed by atoms with Gasteiger partial charge in [0.25, 0.3) is 0 Å². The summed E-state index contributed by atoms with van der Waals surface area (Å²) < 4.78 is 12.0. The highest BCUT2D eigenvalue weighted by atomic mass is 79.9. The lowest BCUT2D eigenvalue weighted by Gasteiger charge is -2.14. The van der Waals surface area contributed by atoms with Crippen LogP contribution in [0.5, 0.6) is 5.75 Å². The maximum atomic E-state index is 12.3. The number of rotatable bonds is 7. The summed E-state index contributed by atoms with van der Waals surface area (Å²) in [7, 11) is 0. The van der Waals surface area contributed by atoms with Crippen LogP contribution < -0.4 is 10.1 Å². The number of hydrogen-bond acceptors (Lipinski definition) is 4. The summed E-state index contributed by atoms with van der Waals surface area (Å²) in [6, 6.07) is 15.5. The Morgan fingerprint density at radius 1 is 1.14 bits per heavy atom. The third-order valence-corrected chi connectivity index (χ3v) is 5.13. The third-order valence-electron chi connectivity index (χ3n) is 4.60. The van der Waals surface area contributed by atoms with Crippen LogP contribution in [0, 0.1) is 13.8 Å². The molecular weight excluding hydrogens is 420 g/mol. The minimum absolute atomic E-state index is 0.0141. The molecular formula is C22H23BrN2O3. The van der Waals surface area contributed by atoms with Gasteiger partial charge in [-0.25, -0.2) is 0 Å². The second-order valence-electron chi connectivity index (χ2n) is 6.75. The van der Waals surface area contributed by atoms with E-state index in [9.17, 15) is 4.79 Å². The molecule has 6 heteroatoms. The number of aromatic nitrogens is 1. The Labute approximate surface area is 173 Å². The van der Waals surface area contributed by atoms with Crippen LogP contribution in [0.2, 0.25) is 0 Å². The first-order chi connectivity index (χ1) is 13.4. The zero-order chi connectivity index (χ0) is 20.1. The molecule has 0 aliphatic carbocycles. The minimum Gasteiger partial charge on any atom is -0.489 e. The van der Waals surface area contributed by atoms with Crippen LogP contribution in [0.15, 0.2) is 57.5 Å². The van der Waals surface area contributed by atoms with Gasteiger partial charge in [-0.15, -0.1) is 0 Å². The van der Waals surface area contributed by atoms with E-state index in [2.05, 4.69) is 26.4 Å². The summed E-state index contributed by atoms with van der Waals surface area (Å²) >= 11 is 3.42. The number of benzene rings is 2. The molecule has 0 spiro atoms. The smallest absolute Gasteiger partial charge is 0.224 e. The highest BCUT2D eigenvalue weighted by molar-refractivity contribution is 9.10. The van der Waals surface area contributed by atoms with Gasteiger partial charge in [-0.05, 0) is 56.2 Å². The second-order valence-corrected chi connectivity index (χ2v) is 7.67. The Bertz CT molecular complexity index is 914. The number of aryl methyl sites for hydroxylation is 2. The van der Waals surface area contributed by atoms with Crippen molar-refractivity contribution < 1.29 is 14.1 Å². The van der Waals surface area contributed by atoms with Gasteiger partial charge in [-0.3, -0.25) is 4.79 Å². The summed E-state index contributed by atoms with van der Waals surface area (Å²) in [5, 5.41) is 6.96. The van der Waals surface area contributed by atoms with Crippen LogP contribution in [-0.2, 0) is 17.8 Å². The maximum Gasteiger partial charge on any atom is 0.224 e. The van der Waals surface area contributed by atoms with Gasteiger partial charge < -0.3 is 14.6 Å². The van der Waals surface area contributed by atoms with E-state index in [1.807, 2.05) is 69.3 Å². The Morgan fingerprint density at radius 3 is 2.43 bits per heavy atom. The van der Waals surface area contributed by atoms with E-state index >= 15 is 0 Å². The van der Waals surface area contributed by atoms with Crippen molar-refractivity contribution in [2.75, 3.05) is 0 Å². The summed E-state index contributed by atoms with van der Waals surface area (Å²) in [6.45, 7) is 6.15. The van der Waals surface area contributed by atoms with Crippen LogP contribution in [0.1, 0.15) is 41.1 Å². The van der Waals surface area contributed by atoms with Gasteiger partial charge in [0.05, 0.1) is 23.7 Å². The number of hydrogen-bond donors (Lipinski definition) is 1. The standard InChI is InChI=1S/C22H23BrN2O3/c1-14(18-6-8-19(23)9-7-18)24-22(26)12-17-4-10-20(11-5-17)27-13-21-15(2)25-28-16(21)3/h4-11,14H,12-13H2,1-3H3,(H,24,26). The number of carbonyl (C=O) groups is 1. The molecule has 0 aliphatic heterocycles. The fraction of sp³-hybridized carbons (Fsp3) is 0.273. The first-order valence-electron chi connectivity index (χ1n) is 9.10. The monoisotopic (exact) mass is 442 g/mol. The molecule has 0 saturated heterocycles. The first-order valence-corrected chi connectivity index (χ1v) is 9.90. The van der Waals surface area contributed by atoms with Crippen molar-refractivity contribution in [3.63, 3.8) is 0 Å². The van der Waals surface area contributed by atoms with Gasteiger partial charge >= 0.3 is 0 Å². The molecule has 1 N–H and O–H groups in total. The van der Waals surface area contributed by atoms with Gasteiger partial charge in [-0.1, -0.05) is 45.4 Å². The van der Waals surface area contributed by atoms with E-state index in [-0.39, 0.29) is 11.9 Å². The van der Waals surface area contributed by atoms with Crippen molar-refractivity contribution in [1.82, 2.24) is 10.5 Å². The Morgan fingerprint density at radius 2 is 1.82 bits per heavy atom. The number of amides is 1. The third kappa shape index (κ3) is 5.23. The molecule has 0 aliphatic rings. The molecule has 1 amide bonds. The maximum absolute atomic E-state index is 12.3. The highest BCUT2D eigenvalue weighted by Gasteiger charge is 2.11. The predicted octanol–water partition coefficient (Wildman–Crippen LogP) is 5.05. The molecule has 1 unspecified atom stereocenters. The average molecular weight is 443 g/mol. The predicted molar refractivity (Wildman–Crippen MR) is 111 cm³/mol. The number of nitrogens with one attached hydrogen (secondary N) is 1. The lowest BCUT2D eigenvalue weighted by Crippen LogP contribution is -2.28. The summed E-state index contributed by atoms with van der Waals surface area (Å²) in [5.41, 5.74) is 3.81. The zero-order valence-electron chi connectivity index (χ0n) is 16.2. The van der Waals surface area contributed by atoms with Crippen LogP contribution in [0.4, 0.5) is 0 Å². The number of ether oxygens (including phenoxy) is 1. The van der Waals surface area contributed by atoms with E-state index < -0.39 is 0 Å². The fourth-order valence-electron chi connectivity index (χ4n) is 2.88. The Balaban J connectivity index is 1.52. The summed E-state index contributed by atoms with van der Waals surface area (Å²) in [4.78, 5) is 12.3. The van der Waals surface area contributed by atoms with Crippen molar-refractivity contribution in [3.8, 4) is 5.75 Å². The van der Waals surface area contributed by atoms with Gasteiger partial charge in [0.15, 0.2) is 0 Å². The van der Waals surface area contributed by atoms with Gasteiger partial charge in [0, 0.05) is 4.47 Å². The largest absolute Gasteiger partial charge is 0.489 e. The molecule has 0 saturated carbocycles. The molecule has 5 nitrogen and oxygen atoms in total. The normalized spacial score (nSPS) is 11.9. The Kier molecular flexibility index (Phi) is 6.52. The first kappa shape index (κ1) is 20.1. The molecule has 1 atom stereocenters. The molecule has 1 heterocycles. The van der Waals surface area contributed by atoms with E-state index in [0.717, 1.165) is 38.4 Å². The molecule has 0 fully saturated rings. The van der Waals surface area contributed by atoms with Crippen molar-refractivity contribution in [2.45, 2.75) is 39.8 Å². The molecule has 0 bridgehead atoms. The molecule has 3 rings (SSSR count). The topological polar surface area (TPSA) is 64.4 Å². The minimum atomic E-state index is -0.0433. The molecule has 28 heavy (non-hydrogen) atoms. The molecule has 3 aromatic rings. The SMILES string of the molecule is Cc1noc(C)c1COc1ccc(CC(=O)NC(C)c2ccc(Br)cc2)cc1. The zero-order valence-corrected chi connectivity index (χ0v) is 17.7. The van der Waals surface area contributed by atoms with E-state index in [0.29, 0.717) is 13.0 Å². The van der Waals surface area contributed by atoms with Gasteiger partial charge in [0.2, 0.25) is 5.91 Å². The number of carbonyl (C=O) groups excluding carboxylic acids is 1.